The molecule has 21 heavy (non-hydrogen) atoms. The van der Waals surface area contributed by atoms with Crippen molar-refractivity contribution in [2.45, 2.75) is 12.7 Å². The molecule has 0 saturated carbocycles. The number of rotatable bonds is 4. The van der Waals surface area contributed by atoms with Crippen molar-refractivity contribution in [1.82, 2.24) is 0 Å². The third-order valence-electron chi connectivity index (χ3n) is 2.91. The van der Waals surface area contributed by atoms with Crippen LogP contribution in [-0.4, -0.2) is 7.11 Å². The van der Waals surface area contributed by atoms with Gasteiger partial charge in [0.25, 0.3) is 0 Å². The summed E-state index contributed by atoms with van der Waals surface area (Å²) < 4.78 is 43.1. The molecule has 0 heterocycles. The first-order valence-electron chi connectivity index (χ1n) is 6.13. The van der Waals surface area contributed by atoms with Gasteiger partial charge in [0.2, 0.25) is 0 Å². The zero-order valence-corrected chi connectivity index (χ0v) is 11.9. The van der Waals surface area contributed by atoms with E-state index in [0.29, 0.717) is 12.3 Å². The van der Waals surface area contributed by atoms with Crippen LogP contribution in [0.25, 0.3) is 0 Å². The minimum atomic E-state index is -4.39. The summed E-state index contributed by atoms with van der Waals surface area (Å²) in [5.41, 5.74) is 0.386. The van der Waals surface area contributed by atoms with Crippen LogP contribution in [0.4, 0.5) is 18.9 Å². The van der Waals surface area contributed by atoms with Crippen LogP contribution in [-0.2, 0) is 12.7 Å². The molecule has 0 bridgehead atoms. The first-order chi connectivity index (χ1) is 9.90. The van der Waals surface area contributed by atoms with Crippen molar-refractivity contribution in [2.75, 3.05) is 12.4 Å². The van der Waals surface area contributed by atoms with Crippen LogP contribution >= 0.6 is 11.6 Å². The normalized spacial score (nSPS) is 11.3. The molecule has 2 aromatic carbocycles. The van der Waals surface area contributed by atoms with E-state index in [1.54, 1.807) is 19.2 Å². The van der Waals surface area contributed by atoms with Gasteiger partial charge < -0.3 is 10.1 Å². The summed E-state index contributed by atoms with van der Waals surface area (Å²) in [4.78, 5) is 0. The van der Waals surface area contributed by atoms with Gasteiger partial charge in [-0.25, -0.2) is 0 Å². The Hall–Kier alpha value is -1.88. The zero-order chi connectivity index (χ0) is 15.5. The van der Waals surface area contributed by atoms with Crippen LogP contribution < -0.4 is 10.1 Å². The second-order valence-corrected chi connectivity index (χ2v) is 4.80. The quantitative estimate of drug-likeness (QED) is 0.859. The first-order valence-corrected chi connectivity index (χ1v) is 6.51. The third-order valence-corrected chi connectivity index (χ3v) is 3.24. The largest absolute Gasteiger partial charge is 0.497 e. The Bertz CT molecular complexity index is 629. The lowest BCUT2D eigenvalue weighted by molar-refractivity contribution is -0.137. The van der Waals surface area contributed by atoms with Gasteiger partial charge in [0.05, 0.1) is 23.4 Å². The van der Waals surface area contributed by atoms with Gasteiger partial charge in [-0.15, -0.1) is 0 Å². The molecule has 2 aromatic rings. The number of alkyl halides is 3. The lowest BCUT2D eigenvalue weighted by atomic mass is 10.1. The summed E-state index contributed by atoms with van der Waals surface area (Å²) in [5.74, 6) is 0.685. The van der Waals surface area contributed by atoms with Crippen molar-refractivity contribution in [2.24, 2.45) is 0 Å². The van der Waals surface area contributed by atoms with E-state index in [-0.39, 0.29) is 10.7 Å². The molecule has 0 saturated heterocycles. The monoisotopic (exact) mass is 315 g/mol. The number of hydrogen-bond acceptors (Lipinski definition) is 2. The second kappa shape index (κ2) is 6.26. The molecule has 112 valence electrons. The van der Waals surface area contributed by atoms with Gasteiger partial charge in [0.15, 0.2) is 0 Å². The maximum absolute atomic E-state index is 12.7. The number of hydrogen-bond donors (Lipinski definition) is 1. The smallest absolute Gasteiger partial charge is 0.416 e. The van der Waals surface area contributed by atoms with Crippen molar-refractivity contribution < 1.29 is 17.9 Å². The van der Waals surface area contributed by atoms with E-state index in [1.807, 2.05) is 12.1 Å². The van der Waals surface area contributed by atoms with Crippen LogP contribution in [0.1, 0.15) is 11.1 Å². The standard InChI is InChI=1S/C15H13ClF3NO/c1-21-12-4-2-3-10(7-12)9-20-14-8-11(15(17,18)19)5-6-13(14)16/h2-8,20H,9H2,1H3. The first kappa shape index (κ1) is 15.5. The average molecular weight is 316 g/mol. The van der Waals surface area contributed by atoms with E-state index in [1.165, 1.54) is 6.07 Å². The lowest BCUT2D eigenvalue weighted by Gasteiger charge is -2.13. The molecule has 0 radical (unpaired) electrons. The highest BCUT2D eigenvalue weighted by Crippen LogP contribution is 2.34. The number of halogens is 4. The Morgan fingerprint density at radius 1 is 1.14 bits per heavy atom. The molecule has 6 heteroatoms. The topological polar surface area (TPSA) is 21.3 Å². The van der Waals surface area contributed by atoms with E-state index < -0.39 is 11.7 Å². The van der Waals surface area contributed by atoms with Crippen molar-refractivity contribution in [3.8, 4) is 5.75 Å². The van der Waals surface area contributed by atoms with Crippen LogP contribution in [0, 0.1) is 0 Å². The fourth-order valence-corrected chi connectivity index (χ4v) is 2.00. The maximum Gasteiger partial charge on any atom is 0.416 e. The molecule has 2 nitrogen and oxygen atoms in total. The van der Waals surface area contributed by atoms with Crippen molar-refractivity contribution in [1.29, 1.82) is 0 Å². The number of anilines is 1. The lowest BCUT2D eigenvalue weighted by Crippen LogP contribution is -2.07. The van der Waals surface area contributed by atoms with Crippen LogP contribution in [0.5, 0.6) is 5.75 Å². The molecule has 0 spiro atoms. The number of nitrogens with one attached hydrogen (secondary N) is 1. The summed E-state index contributed by atoms with van der Waals surface area (Å²) in [5, 5.41) is 3.15. The molecule has 0 amide bonds. The summed E-state index contributed by atoms with van der Waals surface area (Å²) in [6, 6.07) is 10.4. The van der Waals surface area contributed by atoms with Gasteiger partial charge in [0, 0.05) is 6.54 Å². The van der Waals surface area contributed by atoms with Gasteiger partial charge >= 0.3 is 6.18 Å². The van der Waals surface area contributed by atoms with E-state index in [2.05, 4.69) is 5.32 Å². The number of methoxy groups -OCH3 is 1. The predicted molar refractivity (Wildman–Crippen MR) is 76.8 cm³/mol. The van der Waals surface area contributed by atoms with Crippen LogP contribution in [0.2, 0.25) is 5.02 Å². The van der Waals surface area contributed by atoms with Crippen molar-refractivity contribution in [3.63, 3.8) is 0 Å². The van der Waals surface area contributed by atoms with Crippen molar-refractivity contribution in [3.05, 3.63) is 58.6 Å². The molecule has 0 aromatic heterocycles. The van der Waals surface area contributed by atoms with Gasteiger partial charge in [-0.3, -0.25) is 0 Å². The molecule has 0 aliphatic heterocycles. The minimum Gasteiger partial charge on any atom is -0.497 e. The van der Waals surface area contributed by atoms with Crippen LogP contribution in [0.15, 0.2) is 42.5 Å². The molecule has 0 aliphatic carbocycles. The van der Waals surface area contributed by atoms with E-state index in [0.717, 1.165) is 17.7 Å². The Morgan fingerprint density at radius 3 is 2.57 bits per heavy atom. The second-order valence-electron chi connectivity index (χ2n) is 4.40. The highest BCUT2D eigenvalue weighted by Gasteiger charge is 2.30. The molecule has 0 fully saturated rings. The molecule has 1 N–H and O–H groups in total. The molecule has 0 aliphatic rings. The summed E-state index contributed by atoms with van der Waals surface area (Å²) in [6.45, 7) is 0.345. The average Bonchev–Trinajstić information content (AvgIpc) is 2.45. The molecule has 0 unspecified atom stereocenters. The van der Waals surface area contributed by atoms with Gasteiger partial charge in [0.1, 0.15) is 5.75 Å². The Balaban J connectivity index is 2.15. The van der Waals surface area contributed by atoms with E-state index in [4.69, 9.17) is 16.3 Å². The van der Waals surface area contributed by atoms with E-state index in [9.17, 15) is 13.2 Å². The Kier molecular flexibility index (Phi) is 4.63. The van der Waals surface area contributed by atoms with Gasteiger partial charge in [-0.05, 0) is 35.9 Å². The summed E-state index contributed by atoms with van der Waals surface area (Å²) in [6.07, 6.45) is -4.39. The highest BCUT2D eigenvalue weighted by molar-refractivity contribution is 6.33. The third kappa shape index (κ3) is 4.04. The SMILES string of the molecule is COc1cccc(CNc2cc(C(F)(F)F)ccc2Cl)c1. The summed E-state index contributed by atoms with van der Waals surface area (Å²) in [7, 11) is 1.55. The molecular weight excluding hydrogens is 303 g/mol. The Labute approximate surface area is 125 Å². The maximum atomic E-state index is 12.7. The fourth-order valence-electron chi connectivity index (χ4n) is 1.82. The van der Waals surface area contributed by atoms with Crippen molar-refractivity contribution >= 4 is 17.3 Å². The fraction of sp³-hybridized carbons (Fsp3) is 0.200. The molecule has 0 atom stereocenters. The number of ether oxygens (including phenoxy) is 1. The van der Waals surface area contributed by atoms with Crippen LogP contribution in [0.3, 0.4) is 0 Å². The highest BCUT2D eigenvalue weighted by atomic mass is 35.5. The molecule has 2 rings (SSSR count). The van der Waals surface area contributed by atoms with E-state index >= 15 is 0 Å². The predicted octanol–water partition coefficient (Wildman–Crippen LogP) is 4.98. The minimum absolute atomic E-state index is 0.242. The molecular formula is C15H13ClF3NO. The number of benzene rings is 2. The van der Waals surface area contributed by atoms with Gasteiger partial charge in [-0.1, -0.05) is 23.7 Å². The van der Waals surface area contributed by atoms with Gasteiger partial charge in [-0.2, -0.15) is 13.2 Å². The zero-order valence-electron chi connectivity index (χ0n) is 11.2. The summed E-state index contributed by atoms with van der Waals surface area (Å²) >= 11 is 5.92. The Morgan fingerprint density at radius 2 is 1.90 bits per heavy atom.